The maximum atomic E-state index is 8.77. The first-order valence-corrected chi connectivity index (χ1v) is 4.25. The zero-order chi connectivity index (χ0) is 9.94. The van der Waals surface area contributed by atoms with E-state index in [0.717, 1.165) is 5.03 Å². The van der Waals surface area contributed by atoms with Crippen LogP contribution in [0.1, 0.15) is 20.3 Å². The molecule has 0 amide bonds. The SMILES string of the molecule is C=C(Cl)C1CC1(C)C.O=C(O)Cl. The molecule has 0 aromatic carbocycles. The third kappa shape index (κ3) is 4.62. The third-order valence-corrected chi connectivity index (χ3v) is 2.15. The molecule has 4 heteroatoms. The van der Waals surface area contributed by atoms with Gasteiger partial charge in [-0.25, -0.2) is 4.79 Å². The molecule has 70 valence electrons. The third-order valence-electron chi connectivity index (χ3n) is 1.89. The average molecular weight is 211 g/mol. The van der Waals surface area contributed by atoms with Gasteiger partial charge in [0.25, 0.3) is 0 Å². The van der Waals surface area contributed by atoms with Crippen LogP contribution in [-0.2, 0) is 0 Å². The maximum absolute atomic E-state index is 8.77. The molecule has 1 unspecified atom stereocenters. The minimum atomic E-state index is -1.36. The number of allylic oxidation sites excluding steroid dienone is 1. The van der Waals surface area contributed by atoms with Crippen LogP contribution in [0.2, 0.25) is 0 Å². The lowest BCUT2D eigenvalue weighted by molar-refractivity contribution is 0.220. The van der Waals surface area contributed by atoms with E-state index in [0.29, 0.717) is 11.3 Å². The van der Waals surface area contributed by atoms with Gasteiger partial charge in [-0.3, -0.25) is 0 Å². The Balaban J connectivity index is 0.000000261. The average Bonchev–Trinajstić information content (AvgIpc) is 2.38. The minimum absolute atomic E-state index is 0.457. The summed E-state index contributed by atoms with van der Waals surface area (Å²) in [6.07, 6.45) is 1.22. The highest BCUT2D eigenvalue weighted by atomic mass is 35.5. The Morgan fingerprint density at radius 3 is 1.83 bits per heavy atom. The van der Waals surface area contributed by atoms with Crippen LogP contribution < -0.4 is 0 Å². The summed E-state index contributed by atoms with van der Waals surface area (Å²) in [4.78, 5) is 8.77. The molecule has 0 aromatic heterocycles. The molecule has 0 spiro atoms. The number of hydrogen-bond acceptors (Lipinski definition) is 1. The molecule has 0 heterocycles. The van der Waals surface area contributed by atoms with Gasteiger partial charge in [0.2, 0.25) is 0 Å². The number of carboxylic acid groups (broad SMARTS) is 1. The summed E-state index contributed by atoms with van der Waals surface area (Å²) in [7, 11) is 0. The monoisotopic (exact) mass is 210 g/mol. The standard InChI is InChI=1S/C7H11Cl.CHClO2/c1-5(8)6-4-7(6,2)3;2-1(3)4/h6H,1,4H2,2-3H3;(H,3,4). The Morgan fingerprint density at radius 2 is 1.83 bits per heavy atom. The predicted octanol–water partition coefficient (Wildman–Crippen LogP) is 3.69. The molecule has 12 heavy (non-hydrogen) atoms. The molecule has 0 radical (unpaired) electrons. The van der Waals surface area contributed by atoms with Crippen molar-refractivity contribution in [2.45, 2.75) is 20.3 Å². The van der Waals surface area contributed by atoms with Gasteiger partial charge < -0.3 is 5.11 Å². The summed E-state index contributed by atoms with van der Waals surface area (Å²) in [5, 5.41) is 8.01. The van der Waals surface area contributed by atoms with Gasteiger partial charge in [-0.1, -0.05) is 32.0 Å². The van der Waals surface area contributed by atoms with E-state index in [1.807, 2.05) is 0 Å². The lowest BCUT2D eigenvalue weighted by Gasteiger charge is -1.97. The molecule has 1 saturated carbocycles. The molecule has 0 bridgehead atoms. The summed E-state index contributed by atoms with van der Waals surface area (Å²) >= 11 is 9.86. The van der Waals surface area contributed by atoms with Gasteiger partial charge in [0.1, 0.15) is 0 Å². The van der Waals surface area contributed by atoms with Crippen LogP contribution in [0, 0.1) is 11.3 Å². The number of hydrogen-bond donors (Lipinski definition) is 1. The van der Waals surface area contributed by atoms with E-state index in [1.54, 1.807) is 0 Å². The van der Waals surface area contributed by atoms with Crippen LogP contribution in [0.3, 0.4) is 0 Å². The first-order valence-electron chi connectivity index (χ1n) is 3.50. The first kappa shape index (κ1) is 11.8. The lowest BCUT2D eigenvalue weighted by atomic mass is 10.1. The molecule has 1 N–H and O–H groups in total. The highest BCUT2D eigenvalue weighted by molar-refractivity contribution is 6.60. The highest BCUT2D eigenvalue weighted by Gasteiger charge is 2.46. The largest absolute Gasteiger partial charge is 0.469 e. The lowest BCUT2D eigenvalue weighted by Crippen LogP contribution is -1.87. The Morgan fingerprint density at radius 1 is 1.58 bits per heavy atom. The molecule has 0 saturated heterocycles. The molecule has 1 atom stereocenters. The van der Waals surface area contributed by atoms with Crippen molar-refractivity contribution in [1.82, 2.24) is 0 Å². The zero-order valence-electron chi connectivity index (χ0n) is 7.10. The second-order valence-corrected chi connectivity index (χ2v) is 4.25. The summed E-state index contributed by atoms with van der Waals surface area (Å²) in [5.74, 6) is 0.587. The first-order chi connectivity index (χ1) is 5.27. The second kappa shape index (κ2) is 4.15. The normalized spacial score (nSPS) is 23.5. The van der Waals surface area contributed by atoms with Crippen molar-refractivity contribution in [3.05, 3.63) is 11.6 Å². The van der Waals surface area contributed by atoms with E-state index in [2.05, 4.69) is 32.0 Å². The molecular weight excluding hydrogens is 199 g/mol. The van der Waals surface area contributed by atoms with Crippen molar-refractivity contribution in [3.63, 3.8) is 0 Å². The van der Waals surface area contributed by atoms with Crippen molar-refractivity contribution in [3.8, 4) is 0 Å². The van der Waals surface area contributed by atoms with E-state index in [1.165, 1.54) is 6.42 Å². The van der Waals surface area contributed by atoms with Crippen LogP contribution >= 0.6 is 23.2 Å². The quantitative estimate of drug-likeness (QED) is 0.671. The molecule has 1 rings (SSSR count). The van der Waals surface area contributed by atoms with Crippen LogP contribution in [-0.4, -0.2) is 10.5 Å². The predicted molar refractivity (Wildman–Crippen MR) is 50.8 cm³/mol. The van der Waals surface area contributed by atoms with Crippen LogP contribution in [0.4, 0.5) is 4.79 Å². The molecule has 1 aliphatic carbocycles. The minimum Gasteiger partial charge on any atom is -0.469 e. The maximum Gasteiger partial charge on any atom is 0.401 e. The Hall–Kier alpha value is -0.210. The fraction of sp³-hybridized carbons (Fsp3) is 0.625. The van der Waals surface area contributed by atoms with Gasteiger partial charge in [0.15, 0.2) is 0 Å². The van der Waals surface area contributed by atoms with E-state index < -0.39 is 5.43 Å². The highest BCUT2D eigenvalue weighted by Crippen LogP contribution is 2.56. The van der Waals surface area contributed by atoms with Crippen LogP contribution in [0.25, 0.3) is 0 Å². The molecule has 1 fully saturated rings. The van der Waals surface area contributed by atoms with Crippen molar-refractivity contribution in [2.24, 2.45) is 11.3 Å². The second-order valence-electron chi connectivity index (χ2n) is 3.45. The number of halogens is 2. The topological polar surface area (TPSA) is 37.3 Å². The molecule has 0 aromatic rings. The fourth-order valence-electron chi connectivity index (χ4n) is 1.00. The van der Waals surface area contributed by atoms with Gasteiger partial charge in [-0.2, -0.15) is 0 Å². The van der Waals surface area contributed by atoms with Gasteiger partial charge in [-0.05, 0) is 17.8 Å². The fourth-order valence-corrected chi connectivity index (χ4v) is 1.37. The van der Waals surface area contributed by atoms with E-state index >= 15 is 0 Å². The van der Waals surface area contributed by atoms with Crippen molar-refractivity contribution < 1.29 is 9.90 Å². The smallest absolute Gasteiger partial charge is 0.401 e. The van der Waals surface area contributed by atoms with Crippen molar-refractivity contribution in [1.29, 1.82) is 0 Å². The Bertz CT molecular complexity index is 195. The van der Waals surface area contributed by atoms with Gasteiger partial charge in [-0.15, -0.1) is 0 Å². The summed E-state index contributed by atoms with van der Waals surface area (Å²) in [6, 6.07) is 0. The van der Waals surface area contributed by atoms with Crippen LogP contribution in [0.5, 0.6) is 0 Å². The number of rotatable bonds is 1. The van der Waals surface area contributed by atoms with Crippen molar-refractivity contribution >= 4 is 28.6 Å². The summed E-state index contributed by atoms with van der Waals surface area (Å²) in [5.41, 5.74) is -0.904. The number of carbonyl (C=O) groups is 1. The van der Waals surface area contributed by atoms with Crippen molar-refractivity contribution in [2.75, 3.05) is 0 Å². The molecule has 1 aliphatic rings. The van der Waals surface area contributed by atoms with E-state index in [4.69, 9.17) is 21.5 Å². The Kier molecular flexibility index (Phi) is 4.08. The van der Waals surface area contributed by atoms with Gasteiger partial charge in [0.05, 0.1) is 0 Å². The van der Waals surface area contributed by atoms with Gasteiger partial charge >= 0.3 is 5.43 Å². The zero-order valence-corrected chi connectivity index (χ0v) is 8.61. The van der Waals surface area contributed by atoms with E-state index in [-0.39, 0.29) is 0 Å². The molecule has 2 nitrogen and oxygen atoms in total. The summed E-state index contributed by atoms with van der Waals surface area (Å²) < 4.78 is 0. The van der Waals surface area contributed by atoms with Gasteiger partial charge in [0, 0.05) is 16.6 Å². The van der Waals surface area contributed by atoms with Crippen LogP contribution in [0.15, 0.2) is 11.6 Å². The van der Waals surface area contributed by atoms with E-state index in [9.17, 15) is 0 Å². The summed E-state index contributed by atoms with van der Waals surface area (Å²) in [6.45, 7) is 8.11. The molecule has 0 aliphatic heterocycles. The Labute approximate surface area is 82.2 Å². The molecular formula is C8H12Cl2O2.